The van der Waals surface area contributed by atoms with Crippen LogP contribution in [0.5, 0.6) is 11.5 Å². The van der Waals surface area contributed by atoms with Gasteiger partial charge >= 0.3 is 0 Å². The molecule has 2 unspecified atom stereocenters. The number of benzene rings is 1. The van der Waals surface area contributed by atoms with Gasteiger partial charge in [0.1, 0.15) is 11.5 Å². The molecule has 0 amide bonds. The first-order valence-electron chi connectivity index (χ1n) is 5.33. The number of rotatable bonds is 1. The third-order valence-corrected chi connectivity index (χ3v) is 3.66. The quantitative estimate of drug-likeness (QED) is 0.754. The molecule has 1 fully saturated rings. The molecule has 3 nitrogen and oxygen atoms in total. The van der Waals surface area contributed by atoms with E-state index in [-0.39, 0.29) is 5.41 Å². The number of fused-ring (bicyclic) bond motifs is 2. The van der Waals surface area contributed by atoms with E-state index in [1.807, 2.05) is 12.1 Å². The van der Waals surface area contributed by atoms with Gasteiger partial charge < -0.3 is 15.2 Å². The average molecular weight is 205 g/mol. The van der Waals surface area contributed by atoms with Crippen molar-refractivity contribution in [3.05, 3.63) is 23.8 Å². The smallest absolute Gasteiger partial charge is 0.126 e. The molecule has 0 aromatic heterocycles. The van der Waals surface area contributed by atoms with E-state index in [0.717, 1.165) is 30.9 Å². The average Bonchev–Trinajstić information content (AvgIpc) is 2.89. The Kier molecular flexibility index (Phi) is 1.74. The van der Waals surface area contributed by atoms with Crippen molar-refractivity contribution in [2.45, 2.75) is 24.3 Å². The van der Waals surface area contributed by atoms with Gasteiger partial charge in [-0.3, -0.25) is 0 Å². The predicted molar refractivity (Wildman–Crippen MR) is 57.4 cm³/mol. The van der Waals surface area contributed by atoms with E-state index < -0.39 is 0 Å². The molecule has 1 spiro atoms. The molecule has 2 aliphatic rings. The summed E-state index contributed by atoms with van der Waals surface area (Å²) in [6.07, 6.45) is 2.14. The minimum absolute atomic E-state index is 0.208. The topological polar surface area (TPSA) is 44.5 Å². The van der Waals surface area contributed by atoms with Crippen molar-refractivity contribution in [1.29, 1.82) is 0 Å². The van der Waals surface area contributed by atoms with E-state index >= 15 is 0 Å². The zero-order chi connectivity index (χ0) is 10.5. The minimum atomic E-state index is 0.208. The van der Waals surface area contributed by atoms with Crippen LogP contribution in [0.2, 0.25) is 0 Å². The largest absolute Gasteiger partial charge is 0.497 e. The third kappa shape index (κ3) is 1.16. The first-order valence-corrected chi connectivity index (χ1v) is 5.33. The molecule has 2 N–H and O–H groups in total. The zero-order valence-corrected chi connectivity index (χ0v) is 8.82. The Labute approximate surface area is 89.2 Å². The van der Waals surface area contributed by atoms with Gasteiger partial charge in [0.2, 0.25) is 0 Å². The van der Waals surface area contributed by atoms with Gasteiger partial charge in [-0.25, -0.2) is 0 Å². The number of hydrogen-bond donors (Lipinski definition) is 1. The number of ether oxygens (including phenoxy) is 2. The Morgan fingerprint density at radius 1 is 1.53 bits per heavy atom. The van der Waals surface area contributed by atoms with Crippen LogP contribution in [-0.2, 0) is 5.41 Å². The van der Waals surface area contributed by atoms with Gasteiger partial charge in [0.15, 0.2) is 0 Å². The standard InChI is InChI=1S/C12H15NO2/c1-14-8-2-3-9-10(6-8)15-5-4-12(9)7-11(12)13/h2-3,6,11H,4-5,7,13H2,1H3. The maximum absolute atomic E-state index is 6.03. The van der Waals surface area contributed by atoms with Crippen LogP contribution in [0.4, 0.5) is 0 Å². The number of methoxy groups -OCH3 is 1. The van der Waals surface area contributed by atoms with E-state index in [1.54, 1.807) is 7.11 Å². The van der Waals surface area contributed by atoms with Crippen molar-refractivity contribution in [3.8, 4) is 11.5 Å². The molecule has 1 heterocycles. The van der Waals surface area contributed by atoms with Crippen LogP contribution >= 0.6 is 0 Å². The van der Waals surface area contributed by atoms with Crippen LogP contribution in [0.25, 0.3) is 0 Å². The summed E-state index contributed by atoms with van der Waals surface area (Å²) in [4.78, 5) is 0. The maximum Gasteiger partial charge on any atom is 0.126 e. The molecule has 80 valence electrons. The van der Waals surface area contributed by atoms with E-state index in [4.69, 9.17) is 15.2 Å². The SMILES string of the molecule is COc1ccc2c(c1)OCCC21CC1N. The highest BCUT2D eigenvalue weighted by atomic mass is 16.5. The Morgan fingerprint density at radius 3 is 3.00 bits per heavy atom. The molecule has 2 atom stereocenters. The first kappa shape index (κ1) is 9.04. The summed E-state index contributed by atoms with van der Waals surface area (Å²) in [6, 6.07) is 6.36. The van der Waals surface area contributed by atoms with Crippen LogP contribution in [0.15, 0.2) is 18.2 Å². The summed E-state index contributed by atoms with van der Waals surface area (Å²) >= 11 is 0. The molecule has 0 bridgehead atoms. The van der Waals surface area contributed by atoms with Gasteiger partial charge in [-0.05, 0) is 18.9 Å². The summed E-state index contributed by atoms with van der Waals surface area (Å²) in [6.45, 7) is 0.772. The van der Waals surface area contributed by atoms with Gasteiger partial charge in [0, 0.05) is 23.1 Å². The summed E-state index contributed by atoms with van der Waals surface area (Å²) < 4.78 is 10.8. The Bertz CT molecular complexity index is 405. The molecular weight excluding hydrogens is 190 g/mol. The lowest BCUT2D eigenvalue weighted by atomic mass is 9.89. The Hall–Kier alpha value is -1.22. The van der Waals surface area contributed by atoms with Gasteiger partial charge in [-0.2, -0.15) is 0 Å². The van der Waals surface area contributed by atoms with Gasteiger partial charge in [0.25, 0.3) is 0 Å². The van der Waals surface area contributed by atoms with Crippen LogP contribution in [0, 0.1) is 0 Å². The van der Waals surface area contributed by atoms with Crippen molar-refractivity contribution in [2.75, 3.05) is 13.7 Å². The molecular formula is C12H15NO2. The van der Waals surface area contributed by atoms with Gasteiger partial charge in [-0.15, -0.1) is 0 Å². The van der Waals surface area contributed by atoms with Gasteiger partial charge in [-0.1, -0.05) is 6.07 Å². The molecule has 1 aliphatic carbocycles. The molecule has 1 aliphatic heterocycles. The van der Waals surface area contributed by atoms with E-state index in [9.17, 15) is 0 Å². The van der Waals surface area contributed by atoms with Crippen LogP contribution < -0.4 is 15.2 Å². The monoisotopic (exact) mass is 205 g/mol. The van der Waals surface area contributed by atoms with Crippen molar-refractivity contribution in [3.63, 3.8) is 0 Å². The molecule has 0 saturated heterocycles. The highest BCUT2D eigenvalue weighted by Crippen LogP contribution is 2.55. The number of nitrogens with two attached hydrogens (primary N) is 1. The third-order valence-electron chi connectivity index (χ3n) is 3.66. The molecule has 3 heteroatoms. The summed E-state index contributed by atoms with van der Waals surface area (Å²) in [5.74, 6) is 1.80. The zero-order valence-electron chi connectivity index (χ0n) is 8.82. The van der Waals surface area contributed by atoms with Crippen molar-refractivity contribution >= 4 is 0 Å². The molecule has 1 saturated carbocycles. The summed E-state index contributed by atoms with van der Waals surface area (Å²) in [7, 11) is 1.67. The predicted octanol–water partition coefficient (Wildman–Crippen LogP) is 1.45. The van der Waals surface area contributed by atoms with Gasteiger partial charge in [0.05, 0.1) is 13.7 Å². The Morgan fingerprint density at radius 2 is 2.33 bits per heavy atom. The summed E-state index contributed by atoms with van der Waals surface area (Å²) in [5, 5.41) is 0. The normalized spacial score (nSPS) is 32.0. The van der Waals surface area contributed by atoms with Crippen LogP contribution in [-0.4, -0.2) is 19.8 Å². The first-order chi connectivity index (χ1) is 7.26. The highest BCUT2D eigenvalue weighted by Gasteiger charge is 2.55. The second kappa shape index (κ2) is 2.89. The minimum Gasteiger partial charge on any atom is -0.497 e. The van der Waals surface area contributed by atoms with Crippen LogP contribution in [0.3, 0.4) is 0 Å². The maximum atomic E-state index is 6.03. The van der Waals surface area contributed by atoms with Crippen molar-refractivity contribution < 1.29 is 9.47 Å². The second-order valence-corrected chi connectivity index (χ2v) is 4.43. The lowest BCUT2D eigenvalue weighted by molar-refractivity contribution is 0.256. The second-order valence-electron chi connectivity index (χ2n) is 4.43. The lowest BCUT2D eigenvalue weighted by Crippen LogP contribution is -2.26. The number of hydrogen-bond acceptors (Lipinski definition) is 3. The molecule has 3 rings (SSSR count). The molecule has 1 aromatic rings. The van der Waals surface area contributed by atoms with Crippen LogP contribution in [0.1, 0.15) is 18.4 Å². The molecule has 15 heavy (non-hydrogen) atoms. The van der Waals surface area contributed by atoms with E-state index in [2.05, 4.69) is 6.07 Å². The fraction of sp³-hybridized carbons (Fsp3) is 0.500. The van der Waals surface area contributed by atoms with Crippen molar-refractivity contribution in [1.82, 2.24) is 0 Å². The summed E-state index contributed by atoms with van der Waals surface area (Å²) in [5.41, 5.74) is 7.50. The molecule has 0 radical (unpaired) electrons. The van der Waals surface area contributed by atoms with E-state index in [0.29, 0.717) is 6.04 Å². The van der Waals surface area contributed by atoms with E-state index in [1.165, 1.54) is 5.56 Å². The molecule has 1 aromatic carbocycles. The van der Waals surface area contributed by atoms with Crippen molar-refractivity contribution in [2.24, 2.45) is 5.73 Å². The lowest BCUT2D eigenvalue weighted by Gasteiger charge is -2.26. The fourth-order valence-electron chi connectivity index (χ4n) is 2.57. The fourth-order valence-corrected chi connectivity index (χ4v) is 2.57. The highest BCUT2D eigenvalue weighted by molar-refractivity contribution is 5.50. The Balaban J connectivity index is 2.06.